The van der Waals surface area contributed by atoms with Crippen LogP contribution in [-0.2, 0) is 26.2 Å². The first-order chi connectivity index (χ1) is 55.8. The van der Waals surface area contributed by atoms with E-state index in [0.717, 1.165) is 114 Å². The quantitative estimate of drug-likeness (QED) is 0.0317. The van der Waals surface area contributed by atoms with Crippen LogP contribution >= 0.6 is 23.2 Å². The molecule has 0 aliphatic carbocycles. The zero-order valence-electron chi connectivity index (χ0n) is 63.5. The number of carboxylic acid groups (broad SMARTS) is 1. The van der Waals surface area contributed by atoms with Crippen molar-refractivity contribution in [2.75, 3.05) is 37.6 Å². The van der Waals surface area contributed by atoms with Crippen molar-refractivity contribution < 1.29 is 29.1 Å². The summed E-state index contributed by atoms with van der Waals surface area (Å²) in [5, 5.41) is 24.9. The van der Waals surface area contributed by atoms with Crippen LogP contribution in [0.2, 0.25) is 23.6 Å². The van der Waals surface area contributed by atoms with Crippen LogP contribution in [0.4, 0.5) is 11.5 Å². The molecule has 12 N–H and O–H groups in total. The largest absolute Gasteiger partial charge is 0.478 e. The molecule has 4 aliphatic heterocycles. The SMILES string of the molecule is C=Cc1ncnc2nc(-c3ccc4cc5n(c4c3)CCNC5=O)[nH]c12.C=Cc1ncnc2nc(-c3ccc4cc5n(c4c3)CCNC5=O)[nH]c12.C=[CH][Sn]([CH2]CCC)([CH2]CCC)[CH2]CCC.Nc1ncnc(Cl)c1N.O=C(O)c1ccc2cc3n(c2c1)CCNC3=O.O=C1NCCn2c1cc1ccc(-c3nc4ncnc(Cl)c4[nH]3)cc12. The van der Waals surface area contributed by atoms with Gasteiger partial charge in [-0.1, -0.05) is 78.8 Å². The van der Waals surface area contributed by atoms with E-state index in [4.69, 9.17) is 39.8 Å². The number of aromatic amines is 3. The van der Waals surface area contributed by atoms with Crippen molar-refractivity contribution in [1.29, 1.82) is 0 Å². The van der Waals surface area contributed by atoms with Gasteiger partial charge in [0.1, 0.15) is 87.8 Å². The number of unbranched alkanes of at least 4 members (excludes halogenated alkanes) is 3. The fourth-order valence-electron chi connectivity index (χ4n) is 14.7. The Morgan fingerprint density at radius 3 is 1.14 bits per heavy atom. The first-order valence-electron chi connectivity index (χ1n) is 37.9. The summed E-state index contributed by atoms with van der Waals surface area (Å²) in [5.74, 6) is 1.17. The van der Waals surface area contributed by atoms with Crippen molar-refractivity contribution in [3.8, 4) is 34.2 Å². The van der Waals surface area contributed by atoms with Crippen molar-refractivity contribution in [2.45, 2.75) is 98.8 Å². The van der Waals surface area contributed by atoms with E-state index in [2.05, 4.69) is 157 Å². The minimum absolute atomic E-state index is 0.0290. The molecule has 0 bridgehead atoms. The molecule has 4 aromatic carbocycles. The number of amides is 4. The predicted octanol–water partition coefficient (Wildman–Crippen LogP) is 14.0. The number of nitrogen functional groups attached to an aromatic ring is 2. The van der Waals surface area contributed by atoms with E-state index in [0.29, 0.717) is 88.9 Å². The maximum Gasteiger partial charge on any atom is 0.335 e. The van der Waals surface area contributed by atoms with E-state index in [-0.39, 0.29) is 45.9 Å². The number of aromatic nitrogens is 18. The van der Waals surface area contributed by atoms with Gasteiger partial charge in [-0.3, -0.25) is 19.2 Å². The zero-order chi connectivity index (χ0) is 80.6. The van der Waals surface area contributed by atoms with Gasteiger partial charge in [0.05, 0.1) is 17.0 Å². The average molecular weight is 1690 g/mol. The van der Waals surface area contributed by atoms with E-state index < -0.39 is 24.3 Å². The fourth-order valence-corrected chi connectivity index (χ4v) is 27.9. The Bertz CT molecular complexity index is 6060. The Morgan fingerprint density at radius 1 is 0.461 bits per heavy atom. The first kappa shape index (κ1) is 79.0. The number of hydrogen-bond donors (Lipinski definition) is 10. The van der Waals surface area contributed by atoms with Crippen molar-refractivity contribution in [2.24, 2.45) is 0 Å². The number of rotatable bonds is 16. The molecule has 0 spiro atoms. The Balaban J connectivity index is 0.000000117. The number of imidazole rings is 3. The molecule has 15 aromatic rings. The molecule has 33 heteroatoms. The molecule has 4 aliphatic rings. The Hall–Kier alpha value is -12.7. The van der Waals surface area contributed by atoms with Gasteiger partial charge < -0.3 is 71.1 Å². The second kappa shape index (κ2) is 34.7. The number of carbonyl (C=O) groups excluding carboxylic acids is 4. The third-order valence-corrected chi connectivity index (χ3v) is 35.4. The number of hydrogen-bond acceptors (Lipinski definition) is 18. The van der Waals surface area contributed by atoms with Gasteiger partial charge in [-0.15, -0.1) is 0 Å². The van der Waals surface area contributed by atoms with Crippen LogP contribution in [0, 0.1) is 0 Å². The summed E-state index contributed by atoms with van der Waals surface area (Å²) in [6.07, 6.45) is 17.4. The van der Waals surface area contributed by atoms with Gasteiger partial charge >= 0.3 is 108 Å². The van der Waals surface area contributed by atoms with Gasteiger partial charge in [0.15, 0.2) is 33.1 Å². The summed E-state index contributed by atoms with van der Waals surface area (Å²) in [7, 11) is 0. The monoisotopic (exact) mass is 1690 g/mol. The van der Waals surface area contributed by atoms with Crippen LogP contribution < -0.4 is 32.7 Å². The molecular weight excluding hydrogens is 1610 g/mol. The van der Waals surface area contributed by atoms with E-state index in [1.54, 1.807) is 49.7 Å². The summed E-state index contributed by atoms with van der Waals surface area (Å²) >= 11 is 9.68. The number of aromatic carboxylic acids is 1. The Morgan fingerprint density at radius 2 is 0.800 bits per heavy atom. The van der Waals surface area contributed by atoms with Crippen molar-refractivity contribution in [1.82, 2.24) is 109 Å². The topological polar surface area (TPSA) is 415 Å². The molecule has 11 aromatic heterocycles. The van der Waals surface area contributed by atoms with E-state index in [1.807, 2.05) is 69.8 Å². The number of nitrogens with one attached hydrogen (secondary N) is 7. The van der Waals surface area contributed by atoms with Crippen LogP contribution in [0.1, 0.15) is 123 Å². The smallest absolute Gasteiger partial charge is 0.335 e. The van der Waals surface area contributed by atoms with Crippen LogP contribution in [0.15, 0.2) is 146 Å². The molecule has 0 unspecified atom stereocenters. The maximum atomic E-state index is 12.0. The maximum absolute atomic E-state index is 12.0. The molecule has 586 valence electrons. The number of benzene rings is 4. The molecule has 19 rings (SSSR count). The molecule has 0 saturated heterocycles. The molecule has 0 saturated carbocycles. The molecule has 15 heterocycles. The summed E-state index contributed by atoms with van der Waals surface area (Å²) in [5.41, 5.74) is 25.7. The predicted molar refractivity (Wildman–Crippen MR) is 452 cm³/mol. The number of carboxylic acids is 1. The third kappa shape index (κ3) is 16.6. The second-order valence-electron chi connectivity index (χ2n) is 27.9. The van der Waals surface area contributed by atoms with Gasteiger partial charge in [-0.25, -0.2) is 59.6 Å². The second-order valence-corrected chi connectivity index (χ2v) is 41.9. The van der Waals surface area contributed by atoms with Crippen molar-refractivity contribution in [3.05, 3.63) is 196 Å². The first-order valence-corrected chi connectivity index (χ1v) is 46.4. The van der Waals surface area contributed by atoms with Gasteiger partial charge in [-0.2, -0.15) is 0 Å². The van der Waals surface area contributed by atoms with Crippen LogP contribution in [0.5, 0.6) is 0 Å². The van der Waals surface area contributed by atoms with Gasteiger partial charge in [0.25, 0.3) is 23.6 Å². The van der Waals surface area contributed by atoms with E-state index in [9.17, 15) is 24.0 Å². The summed E-state index contributed by atoms with van der Waals surface area (Å²) < 4.78 is 15.2. The zero-order valence-corrected chi connectivity index (χ0v) is 67.9. The number of halogens is 2. The number of nitrogens with two attached hydrogens (primary N) is 2. The molecule has 0 radical (unpaired) electrons. The summed E-state index contributed by atoms with van der Waals surface area (Å²) in [4.78, 5) is 114. The number of nitrogens with zero attached hydrogens (tertiary/aromatic N) is 15. The fraction of sp³-hybridized carbons (Fsp3) is 0.244. The Labute approximate surface area is 672 Å². The van der Waals surface area contributed by atoms with Crippen LogP contribution in [0.25, 0.3) is 123 Å². The van der Waals surface area contributed by atoms with E-state index >= 15 is 0 Å². The minimum atomic E-state index is -1.85. The molecular formula is C82H84Cl2N24O6Sn. The normalized spacial score (nSPS) is 13.4. The van der Waals surface area contributed by atoms with Crippen molar-refractivity contribution >= 4 is 172 Å². The third-order valence-electron chi connectivity index (χ3n) is 20.7. The van der Waals surface area contributed by atoms with Crippen LogP contribution in [0.3, 0.4) is 0 Å². The summed E-state index contributed by atoms with van der Waals surface area (Å²) in [6, 6.07) is 30.5. The molecule has 4 amide bonds. The number of fused-ring (bicyclic) bond motifs is 15. The number of carbonyl (C=O) groups is 5. The molecule has 115 heavy (non-hydrogen) atoms. The number of H-pyrrole nitrogens is 3. The van der Waals surface area contributed by atoms with Gasteiger partial charge in [0.2, 0.25) is 0 Å². The van der Waals surface area contributed by atoms with Crippen LogP contribution in [-0.4, -0.2) is 167 Å². The molecule has 30 nitrogen and oxygen atoms in total. The standard InChI is InChI=1S/2C18H14N6O.C16H11ClN6O.C12H10N2O3.C4H5ClN4.3C4H9.C2H3.Sn/c2*1-2-12-15-17(21-9-20-12)23-16(22-15)11-4-3-10-7-14-18(25)19-5-6-24(14)13(10)8-11;17-13-12-15(20-7-19-13)22-14(21-12)9-2-1-8-5-11-16(24)18-3-4-23(11)10(8)6-9;15-11-10-5-7-1-2-8(12(16)17)6-9(7)14(10)4-3-13-11;5-3-2(6)4(7)9-1-8-3;3*1-3-4-2;1-2;/h2*2-4,7-9H,1,5-6H2,(H,19,25)(H,20,21,22,23);1-2,5-7H,3-4H2,(H,18,24)(H,19,20,21,22);1-2,5-6H,3-4H2,(H,13,15)(H,16,17);1H,6H2,(H2,7,8,9);3*1,3-4H2,2H3;1H,2H2;. The van der Waals surface area contributed by atoms with Gasteiger partial charge in [-0.05, 0) is 66.7 Å². The Kier molecular flexibility index (Phi) is 23.9. The van der Waals surface area contributed by atoms with E-state index in [1.165, 1.54) is 63.8 Å². The van der Waals surface area contributed by atoms with Gasteiger partial charge in [0, 0.05) is 113 Å². The average Bonchev–Trinajstić information content (AvgIpc) is 1.62. The molecule has 0 atom stereocenters. The number of anilines is 2. The van der Waals surface area contributed by atoms with Crippen molar-refractivity contribution in [3.63, 3.8) is 0 Å². The minimum Gasteiger partial charge on any atom is -0.478 e. The molecule has 0 fully saturated rings. The summed E-state index contributed by atoms with van der Waals surface area (Å²) in [6.45, 7) is 24.1.